The zero-order chi connectivity index (χ0) is 14.4. The summed E-state index contributed by atoms with van der Waals surface area (Å²) < 4.78 is 32.4. The molecule has 0 amide bonds. The van der Waals surface area contributed by atoms with Gasteiger partial charge in [-0.1, -0.05) is 18.2 Å². The Morgan fingerprint density at radius 3 is 2.30 bits per heavy atom. The molecule has 0 spiro atoms. The quantitative estimate of drug-likeness (QED) is 0.427. The maximum absolute atomic E-state index is 13.6. The van der Waals surface area contributed by atoms with E-state index >= 15 is 0 Å². The second-order valence-electron chi connectivity index (χ2n) is 4.03. The Labute approximate surface area is 125 Å². The van der Waals surface area contributed by atoms with Gasteiger partial charge in [0.15, 0.2) is 17.4 Å². The van der Waals surface area contributed by atoms with Crippen molar-refractivity contribution in [3.63, 3.8) is 0 Å². The van der Waals surface area contributed by atoms with E-state index in [2.05, 4.69) is 0 Å². The van der Waals surface area contributed by atoms with E-state index in [0.717, 1.165) is 4.90 Å². The van der Waals surface area contributed by atoms with Crippen LogP contribution in [0.4, 0.5) is 8.78 Å². The molecule has 0 heterocycles. The summed E-state index contributed by atoms with van der Waals surface area (Å²) in [6.07, 6.45) is 0. The first-order valence-electron chi connectivity index (χ1n) is 6.05. The van der Waals surface area contributed by atoms with Gasteiger partial charge < -0.3 is 4.74 Å². The van der Waals surface area contributed by atoms with Crippen molar-refractivity contribution in [2.75, 3.05) is 12.4 Å². The average molecular weight is 315 g/mol. The highest BCUT2D eigenvalue weighted by Crippen LogP contribution is 2.25. The molecule has 0 saturated heterocycles. The van der Waals surface area contributed by atoms with E-state index in [1.54, 1.807) is 11.8 Å². The molecule has 5 heteroatoms. The minimum atomic E-state index is -0.717. The van der Waals surface area contributed by atoms with Crippen LogP contribution < -0.4 is 4.74 Å². The molecule has 20 heavy (non-hydrogen) atoms. The lowest BCUT2D eigenvalue weighted by Gasteiger charge is -2.09. The number of alkyl halides is 1. The second kappa shape index (κ2) is 7.50. The van der Waals surface area contributed by atoms with Gasteiger partial charge >= 0.3 is 0 Å². The summed E-state index contributed by atoms with van der Waals surface area (Å²) in [7, 11) is 0. The summed E-state index contributed by atoms with van der Waals surface area (Å²) in [5.74, 6) is -1.10. The fourth-order valence-electron chi connectivity index (χ4n) is 1.65. The average Bonchev–Trinajstić information content (AvgIpc) is 2.46. The molecule has 106 valence electrons. The Balaban J connectivity index is 1.88. The lowest BCUT2D eigenvalue weighted by atomic mass is 10.2. The van der Waals surface area contributed by atoms with Crippen molar-refractivity contribution >= 4 is 23.4 Å². The molecular weight excluding hydrogens is 302 g/mol. The number of thioether (sulfide) groups is 1. The summed E-state index contributed by atoms with van der Waals surface area (Å²) in [6, 6.07) is 12.1. The summed E-state index contributed by atoms with van der Waals surface area (Å²) in [4.78, 5) is 1.09. The zero-order valence-electron chi connectivity index (χ0n) is 10.6. The number of hydrogen-bond acceptors (Lipinski definition) is 2. The van der Waals surface area contributed by atoms with E-state index in [1.807, 2.05) is 30.3 Å². The first kappa shape index (κ1) is 15.1. The molecule has 0 aliphatic rings. The van der Waals surface area contributed by atoms with Crippen molar-refractivity contribution in [2.24, 2.45) is 0 Å². The van der Waals surface area contributed by atoms with Crippen LogP contribution in [-0.4, -0.2) is 12.4 Å². The number of halogens is 3. The van der Waals surface area contributed by atoms with Gasteiger partial charge in [-0.15, -0.1) is 23.4 Å². The Morgan fingerprint density at radius 2 is 1.70 bits per heavy atom. The third-order valence-corrected chi connectivity index (χ3v) is 3.84. The van der Waals surface area contributed by atoms with Crippen molar-refractivity contribution in [3.8, 4) is 5.75 Å². The van der Waals surface area contributed by atoms with Crippen molar-refractivity contribution in [2.45, 2.75) is 10.8 Å². The minimum absolute atomic E-state index is 0.0674. The molecule has 0 saturated carbocycles. The number of hydrogen-bond donors (Lipinski definition) is 0. The molecule has 2 rings (SSSR count). The van der Waals surface area contributed by atoms with Crippen LogP contribution >= 0.6 is 23.4 Å². The molecule has 0 aliphatic heterocycles. The van der Waals surface area contributed by atoms with Gasteiger partial charge in [-0.25, -0.2) is 8.78 Å². The van der Waals surface area contributed by atoms with Gasteiger partial charge in [0.05, 0.1) is 6.61 Å². The Kier molecular flexibility index (Phi) is 5.68. The zero-order valence-corrected chi connectivity index (χ0v) is 12.2. The third kappa shape index (κ3) is 4.12. The molecule has 0 unspecified atom stereocenters. The smallest absolute Gasteiger partial charge is 0.190 e. The van der Waals surface area contributed by atoms with Crippen LogP contribution in [0.2, 0.25) is 0 Å². The van der Waals surface area contributed by atoms with Crippen molar-refractivity contribution in [1.82, 2.24) is 0 Å². The van der Waals surface area contributed by atoms with Gasteiger partial charge in [0.25, 0.3) is 0 Å². The lowest BCUT2D eigenvalue weighted by Crippen LogP contribution is -2.04. The molecule has 2 aromatic carbocycles. The number of benzene rings is 2. The predicted molar refractivity (Wildman–Crippen MR) is 78.6 cm³/mol. The van der Waals surface area contributed by atoms with E-state index in [4.69, 9.17) is 16.3 Å². The van der Waals surface area contributed by atoms with Crippen LogP contribution in [0.5, 0.6) is 5.75 Å². The Bertz CT molecular complexity index is 540. The van der Waals surface area contributed by atoms with Gasteiger partial charge in [0.2, 0.25) is 0 Å². The van der Waals surface area contributed by atoms with Gasteiger partial charge in [0, 0.05) is 16.5 Å². The van der Waals surface area contributed by atoms with Crippen LogP contribution in [-0.2, 0) is 5.88 Å². The number of rotatable bonds is 6. The summed E-state index contributed by atoms with van der Waals surface area (Å²) in [5, 5.41) is 0. The third-order valence-electron chi connectivity index (χ3n) is 2.55. The van der Waals surface area contributed by atoms with Crippen LogP contribution in [0, 0.1) is 11.6 Å². The Hall–Kier alpha value is -1.26. The fourth-order valence-corrected chi connectivity index (χ4v) is 2.55. The van der Waals surface area contributed by atoms with Crippen LogP contribution in [0.3, 0.4) is 0 Å². The molecule has 0 aliphatic carbocycles. The molecule has 1 nitrogen and oxygen atoms in total. The van der Waals surface area contributed by atoms with E-state index < -0.39 is 11.6 Å². The van der Waals surface area contributed by atoms with Crippen LogP contribution in [0.15, 0.2) is 47.4 Å². The van der Waals surface area contributed by atoms with Crippen LogP contribution in [0.25, 0.3) is 0 Å². The minimum Gasteiger partial charge on any atom is -0.487 e. The monoisotopic (exact) mass is 314 g/mol. The molecular formula is C15H13ClF2OS. The van der Waals surface area contributed by atoms with Crippen molar-refractivity contribution in [1.29, 1.82) is 0 Å². The van der Waals surface area contributed by atoms with Gasteiger partial charge in [-0.2, -0.15) is 0 Å². The molecule has 0 radical (unpaired) electrons. The van der Waals surface area contributed by atoms with Gasteiger partial charge in [-0.3, -0.25) is 0 Å². The lowest BCUT2D eigenvalue weighted by molar-refractivity contribution is 0.305. The SMILES string of the molecule is Fc1cc(CCl)cc(F)c1OCCSc1ccccc1. The fraction of sp³-hybridized carbons (Fsp3) is 0.200. The predicted octanol–water partition coefficient (Wildman–Crippen LogP) is 4.87. The second-order valence-corrected chi connectivity index (χ2v) is 5.47. The first-order valence-corrected chi connectivity index (χ1v) is 7.57. The largest absolute Gasteiger partial charge is 0.487 e. The molecule has 0 fully saturated rings. The van der Waals surface area contributed by atoms with E-state index in [-0.39, 0.29) is 18.2 Å². The van der Waals surface area contributed by atoms with E-state index in [0.29, 0.717) is 11.3 Å². The molecule has 2 aromatic rings. The summed E-state index contributed by atoms with van der Waals surface area (Å²) in [6.45, 7) is 0.230. The van der Waals surface area contributed by atoms with E-state index in [9.17, 15) is 8.78 Å². The van der Waals surface area contributed by atoms with Gasteiger partial charge in [-0.05, 0) is 29.8 Å². The summed E-state index contributed by atoms with van der Waals surface area (Å²) >= 11 is 7.11. The van der Waals surface area contributed by atoms with Crippen LogP contribution in [0.1, 0.15) is 5.56 Å². The van der Waals surface area contributed by atoms with Gasteiger partial charge in [0.1, 0.15) is 0 Å². The normalized spacial score (nSPS) is 10.6. The standard InChI is InChI=1S/C15H13ClF2OS/c16-10-11-8-13(17)15(14(18)9-11)19-6-7-20-12-4-2-1-3-5-12/h1-5,8-9H,6-7,10H2. The maximum atomic E-state index is 13.6. The molecule has 0 atom stereocenters. The molecule has 0 aromatic heterocycles. The highest BCUT2D eigenvalue weighted by molar-refractivity contribution is 7.99. The first-order chi connectivity index (χ1) is 9.70. The highest BCUT2D eigenvalue weighted by atomic mass is 35.5. The van der Waals surface area contributed by atoms with Crippen molar-refractivity contribution < 1.29 is 13.5 Å². The topological polar surface area (TPSA) is 9.23 Å². The molecule has 0 N–H and O–H groups in total. The molecule has 0 bridgehead atoms. The number of ether oxygens (including phenoxy) is 1. The Morgan fingerprint density at radius 1 is 1.05 bits per heavy atom. The highest BCUT2D eigenvalue weighted by Gasteiger charge is 2.12. The summed E-state index contributed by atoms with van der Waals surface area (Å²) in [5.41, 5.74) is 0.396. The maximum Gasteiger partial charge on any atom is 0.190 e. The van der Waals surface area contributed by atoms with Crippen molar-refractivity contribution in [3.05, 3.63) is 59.7 Å². The van der Waals surface area contributed by atoms with E-state index in [1.165, 1.54) is 12.1 Å².